The Morgan fingerprint density at radius 1 is 1.19 bits per heavy atom. The number of rotatable bonds is 6. The number of thiophene rings is 1. The summed E-state index contributed by atoms with van der Waals surface area (Å²) in [6.45, 7) is 1.79. The topological polar surface area (TPSA) is 67.4 Å². The second kappa shape index (κ2) is 7.82. The van der Waals surface area contributed by atoms with Crippen molar-refractivity contribution in [3.8, 4) is 0 Å². The standard InChI is InChI=1S/C18H18F2N2O3S/c1-2-25-18(24)16-13-4-3-5-14(13)26-17(16)22-15(23)9-21-12-7-10(19)6-11(20)8-12/h6-8,21H,2-5,9H2,1H3,(H,22,23). The minimum Gasteiger partial charge on any atom is -0.462 e. The van der Waals surface area contributed by atoms with Crippen LogP contribution in [0.3, 0.4) is 0 Å². The molecular formula is C18H18F2N2O3S. The molecule has 138 valence electrons. The molecule has 1 heterocycles. The Morgan fingerprint density at radius 3 is 2.62 bits per heavy atom. The minimum atomic E-state index is -0.729. The zero-order valence-electron chi connectivity index (χ0n) is 14.2. The summed E-state index contributed by atoms with van der Waals surface area (Å²) < 4.78 is 31.5. The van der Waals surface area contributed by atoms with Gasteiger partial charge in [0.15, 0.2) is 0 Å². The second-order valence-corrected chi connectivity index (χ2v) is 6.95. The Balaban J connectivity index is 1.70. The summed E-state index contributed by atoms with van der Waals surface area (Å²) in [5, 5.41) is 5.84. The first-order chi connectivity index (χ1) is 12.5. The number of aryl methyl sites for hydroxylation is 1. The molecule has 1 aliphatic carbocycles. The summed E-state index contributed by atoms with van der Waals surface area (Å²) >= 11 is 1.38. The molecule has 8 heteroatoms. The van der Waals surface area contributed by atoms with Crippen molar-refractivity contribution >= 4 is 33.9 Å². The number of anilines is 2. The lowest BCUT2D eigenvalue weighted by molar-refractivity contribution is -0.114. The van der Waals surface area contributed by atoms with Gasteiger partial charge in [-0.3, -0.25) is 4.79 Å². The van der Waals surface area contributed by atoms with Gasteiger partial charge < -0.3 is 15.4 Å². The summed E-state index contributed by atoms with van der Waals surface area (Å²) in [4.78, 5) is 25.6. The van der Waals surface area contributed by atoms with E-state index in [9.17, 15) is 18.4 Å². The van der Waals surface area contributed by atoms with Crippen molar-refractivity contribution < 1.29 is 23.1 Å². The van der Waals surface area contributed by atoms with Crippen LogP contribution >= 0.6 is 11.3 Å². The normalized spacial score (nSPS) is 12.6. The van der Waals surface area contributed by atoms with Gasteiger partial charge in [0.25, 0.3) is 0 Å². The fraction of sp³-hybridized carbons (Fsp3) is 0.333. The molecule has 2 aromatic rings. The number of hydrogen-bond donors (Lipinski definition) is 2. The summed E-state index contributed by atoms with van der Waals surface area (Å²) in [6.07, 6.45) is 2.65. The van der Waals surface area contributed by atoms with Crippen LogP contribution in [0.25, 0.3) is 0 Å². The highest BCUT2D eigenvalue weighted by molar-refractivity contribution is 7.17. The van der Waals surface area contributed by atoms with Crippen LogP contribution in [0.4, 0.5) is 19.5 Å². The summed E-state index contributed by atoms with van der Waals surface area (Å²) in [5.74, 6) is -2.32. The van der Waals surface area contributed by atoms with E-state index in [1.165, 1.54) is 11.3 Å². The van der Waals surface area contributed by atoms with E-state index < -0.39 is 23.5 Å². The molecule has 0 aliphatic heterocycles. The van der Waals surface area contributed by atoms with E-state index >= 15 is 0 Å². The van der Waals surface area contributed by atoms with Gasteiger partial charge in [0.2, 0.25) is 5.91 Å². The largest absolute Gasteiger partial charge is 0.462 e. The number of benzene rings is 1. The van der Waals surface area contributed by atoms with Crippen molar-refractivity contribution in [2.75, 3.05) is 23.8 Å². The van der Waals surface area contributed by atoms with Crippen molar-refractivity contribution in [2.24, 2.45) is 0 Å². The van der Waals surface area contributed by atoms with Gasteiger partial charge in [-0.25, -0.2) is 13.6 Å². The molecule has 1 aliphatic rings. The minimum absolute atomic E-state index is 0.164. The van der Waals surface area contributed by atoms with E-state index in [-0.39, 0.29) is 18.8 Å². The number of hydrogen-bond acceptors (Lipinski definition) is 5. The van der Waals surface area contributed by atoms with Crippen LogP contribution in [0.1, 0.15) is 34.1 Å². The Bertz CT molecular complexity index is 831. The Kier molecular flexibility index (Phi) is 5.51. The van der Waals surface area contributed by atoms with Crippen LogP contribution in [0.5, 0.6) is 0 Å². The molecule has 0 saturated carbocycles. The average Bonchev–Trinajstić information content (AvgIpc) is 3.12. The average molecular weight is 380 g/mol. The van der Waals surface area contributed by atoms with Gasteiger partial charge in [-0.1, -0.05) is 0 Å². The van der Waals surface area contributed by atoms with E-state index in [0.717, 1.165) is 47.9 Å². The third-order valence-corrected chi connectivity index (χ3v) is 5.18. The maximum Gasteiger partial charge on any atom is 0.341 e. The Labute approximate surface area is 153 Å². The molecule has 1 aromatic carbocycles. The van der Waals surface area contributed by atoms with E-state index in [0.29, 0.717) is 10.6 Å². The van der Waals surface area contributed by atoms with E-state index in [4.69, 9.17) is 4.74 Å². The molecule has 0 radical (unpaired) electrons. The highest BCUT2D eigenvalue weighted by atomic mass is 32.1. The molecule has 0 saturated heterocycles. The number of halogens is 2. The monoisotopic (exact) mass is 380 g/mol. The third kappa shape index (κ3) is 4.01. The van der Waals surface area contributed by atoms with Crippen LogP contribution in [-0.4, -0.2) is 25.0 Å². The summed E-state index contributed by atoms with van der Waals surface area (Å²) in [5.41, 5.74) is 1.54. The van der Waals surface area contributed by atoms with Crippen LogP contribution in [0.2, 0.25) is 0 Å². The molecule has 5 nitrogen and oxygen atoms in total. The molecule has 0 bridgehead atoms. The predicted octanol–water partition coefficient (Wildman–Crippen LogP) is 3.74. The van der Waals surface area contributed by atoms with Crippen LogP contribution in [-0.2, 0) is 22.4 Å². The van der Waals surface area contributed by atoms with Crippen LogP contribution in [0, 0.1) is 11.6 Å². The number of amides is 1. The first-order valence-corrected chi connectivity index (χ1v) is 9.11. The SMILES string of the molecule is CCOC(=O)c1c(NC(=O)CNc2cc(F)cc(F)c2)sc2c1CCC2. The molecule has 0 fully saturated rings. The first kappa shape index (κ1) is 18.3. The molecular weight excluding hydrogens is 362 g/mol. The zero-order chi connectivity index (χ0) is 18.7. The van der Waals surface area contributed by atoms with Gasteiger partial charge >= 0.3 is 5.97 Å². The third-order valence-electron chi connectivity index (χ3n) is 3.97. The molecule has 26 heavy (non-hydrogen) atoms. The Hall–Kier alpha value is -2.48. The number of carbonyl (C=O) groups is 2. The second-order valence-electron chi connectivity index (χ2n) is 5.84. The van der Waals surface area contributed by atoms with E-state index in [1.54, 1.807) is 6.92 Å². The number of fused-ring (bicyclic) bond motifs is 1. The highest BCUT2D eigenvalue weighted by Crippen LogP contribution is 2.39. The maximum absolute atomic E-state index is 13.2. The molecule has 1 aromatic heterocycles. The maximum atomic E-state index is 13.2. The number of nitrogens with one attached hydrogen (secondary N) is 2. The quantitative estimate of drug-likeness (QED) is 0.749. The van der Waals surface area contributed by atoms with Crippen molar-refractivity contribution in [1.82, 2.24) is 0 Å². The van der Waals surface area contributed by atoms with Crippen molar-refractivity contribution in [3.05, 3.63) is 45.8 Å². The highest BCUT2D eigenvalue weighted by Gasteiger charge is 2.28. The van der Waals surface area contributed by atoms with Gasteiger partial charge in [0, 0.05) is 16.6 Å². The number of ether oxygens (including phenoxy) is 1. The summed E-state index contributed by atoms with van der Waals surface area (Å²) in [7, 11) is 0. The van der Waals surface area contributed by atoms with Gasteiger partial charge in [0.1, 0.15) is 16.6 Å². The smallest absolute Gasteiger partial charge is 0.341 e. The molecule has 3 rings (SSSR count). The van der Waals surface area contributed by atoms with Crippen molar-refractivity contribution in [2.45, 2.75) is 26.2 Å². The summed E-state index contributed by atoms with van der Waals surface area (Å²) in [6, 6.07) is 2.95. The van der Waals surface area contributed by atoms with Gasteiger partial charge in [-0.05, 0) is 43.9 Å². The van der Waals surface area contributed by atoms with Crippen LogP contribution < -0.4 is 10.6 Å². The Morgan fingerprint density at radius 2 is 1.92 bits per heavy atom. The molecule has 0 atom stereocenters. The lowest BCUT2D eigenvalue weighted by atomic mass is 10.1. The van der Waals surface area contributed by atoms with E-state index in [2.05, 4.69) is 10.6 Å². The fourth-order valence-corrected chi connectivity index (χ4v) is 4.21. The van der Waals surface area contributed by atoms with Crippen molar-refractivity contribution in [1.29, 1.82) is 0 Å². The molecule has 2 N–H and O–H groups in total. The predicted molar refractivity (Wildman–Crippen MR) is 95.8 cm³/mol. The lowest BCUT2D eigenvalue weighted by Crippen LogP contribution is -2.22. The van der Waals surface area contributed by atoms with Gasteiger partial charge in [-0.2, -0.15) is 0 Å². The number of esters is 1. The number of carbonyl (C=O) groups excluding carboxylic acids is 2. The van der Waals surface area contributed by atoms with Crippen LogP contribution in [0.15, 0.2) is 18.2 Å². The zero-order valence-corrected chi connectivity index (χ0v) is 15.0. The van der Waals surface area contributed by atoms with E-state index in [1.807, 2.05) is 0 Å². The molecule has 1 amide bonds. The van der Waals surface area contributed by atoms with Crippen molar-refractivity contribution in [3.63, 3.8) is 0 Å². The first-order valence-electron chi connectivity index (χ1n) is 8.29. The van der Waals surface area contributed by atoms with Gasteiger partial charge in [-0.15, -0.1) is 11.3 Å². The molecule has 0 spiro atoms. The lowest BCUT2D eigenvalue weighted by Gasteiger charge is -2.09. The van der Waals surface area contributed by atoms with Gasteiger partial charge in [0.05, 0.1) is 18.7 Å². The fourth-order valence-electron chi connectivity index (χ4n) is 2.92. The molecule has 0 unspecified atom stereocenters.